The van der Waals surface area contributed by atoms with Gasteiger partial charge in [0, 0.05) is 36.8 Å². The summed E-state index contributed by atoms with van der Waals surface area (Å²) in [4.78, 5) is 6.85. The molecule has 5 nitrogen and oxygen atoms in total. The van der Waals surface area contributed by atoms with Crippen molar-refractivity contribution < 1.29 is 9.15 Å². The van der Waals surface area contributed by atoms with Gasteiger partial charge in [0.15, 0.2) is 11.3 Å². The summed E-state index contributed by atoms with van der Waals surface area (Å²) in [6, 6.07) is 4.70. The Hall–Kier alpha value is -1.46. The van der Waals surface area contributed by atoms with Gasteiger partial charge >= 0.3 is 0 Å². The SMILES string of the molecule is C[C@H]1CNCCN1c1nc2cc(Cl)cc(OC3CCCC3)c2o1. The van der Waals surface area contributed by atoms with Crippen LogP contribution in [0.15, 0.2) is 16.5 Å². The minimum absolute atomic E-state index is 0.267. The molecule has 2 aromatic rings. The number of benzene rings is 1. The number of ether oxygens (including phenoxy) is 1. The normalized spacial score (nSPS) is 22.9. The number of nitrogens with one attached hydrogen (secondary N) is 1. The molecular weight excluding hydrogens is 314 g/mol. The predicted octanol–water partition coefficient (Wildman–Crippen LogP) is 3.60. The van der Waals surface area contributed by atoms with Crippen LogP contribution in [0.2, 0.25) is 5.02 Å². The lowest BCUT2D eigenvalue weighted by atomic mass is 10.2. The first-order valence-electron chi connectivity index (χ1n) is 8.45. The first-order chi connectivity index (χ1) is 11.2. The first-order valence-corrected chi connectivity index (χ1v) is 8.82. The Kier molecular flexibility index (Phi) is 4.07. The molecule has 0 amide bonds. The third-order valence-electron chi connectivity index (χ3n) is 4.75. The summed E-state index contributed by atoms with van der Waals surface area (Å²) in [7, 11) is 0. The van der Waals surface area contributed by atoms with Crippen molar-refractivity contribution in [2.24, 2.45) is 0 Å². The van der Waals surface area contributed by atoms with E-state index in [-0.39, 0.29) is 6.10 Å². The number of hydrogen-bond acceptors (Lipinski definition) is 5. The molecule has 23 heavy (non-hydrogen) atoms. The van der Waals surface area contributed by atoms with Gasteiger partial charge in [-0.1, -0.05) is 11.6 Å². The molecule has 0 spiro atoms. The summed E-state index contributed by atoms with van der Waals surface area (Å²) in [5.74, 6) is 0.723. The molecule has 2 heterocycles. The van der Waals surface area contributed by atoms with Crippen LogP contribution in [-0.2, 0) is 0 Å². The van der Waals surface area contributed by atoms with E-state index in [4.69, 9.17) is 20.8 Å². The summed E-state index contributed by atoms with van der Waals surface area (Å²) in [6.07, 6.45) is 4.93. The molecular formula is C17H22ClN3O2. The van der Waals surface area contributed by atoms with Crippen LogP contribution in [0.1, 0.15) is 32.6 Å². The maximum Gasteiger partial charge on any atom is 0.298 e. The van der Waals surface area contributed by atoms with Gasteiger partial charge in [0.25, 0.3) is 6.01 Å². The highest BCUT2D eigenvalue weighted by Crippen LogP contribution is 2.36. The molecule has 0 radical (unpaired) electrons. The van der Waals surface area contributed by atoms with Crippen LogP contribution in [-0.4, -0.2) is 36.8 Å². The minimum Gasteiger partial charge on any atom is -0.486 e. The van der Waals surface area contributed by atoms with Gasteiger partial charge in [-0.25, -0.2) is 0 Å². The quantitative estimate of drug-likeness (QED) is 0.928. The maximum absolute atomic E-state index is 6.25. The summed E-state index contributed by atoms with van der Waals surface area (Å²) in [5.41, 5.74) is 1.48. The summed E-state index contributed by atoms with van der Waals surface area (Å²) in [5, 5.41) is 4.02. The van der Waals surface area contributed by atoms with Crippen LogP contribution in [0.3, 0.4) is 0 Å². The molecule has 124 valence electrons. The molecule has 0 bridgehead atoms. The summed E-state index contributed by atoms with van der Waals surface area (Å²) < 4.78 is 12.2. The molecule has 0 unspecified atom stereocenters. The Bertz CT molecular complexity index is 696. The number of nitrogens with zero attached hydrogens (tertiary/aromatic N) is 2. The molecule has 1 aromatic heterocycles. The Morgan fingerprint density at radius 1 is 1.35 bits per heavy atom. The van der Waals surface area contributed by atoms with Crippen LogP contribution in [0.5, 0.6) is 5.75 Å². The summed E-state index contributed by atoms with van der Waals surface area (Å²) >= 11 is 6.25. The van der Waals surface area contributed by atoms with Crippen LogP contribution in [0, 0.1) is 0 Å². The Morgan fingerprint density at radius 2 is 2.17 bits per heavy atom. The highest BCUT2D eigenvalue weighted by molar-refractivity contribution is 6.31. The predicted molar refractivity (Wildman–Crippen MR) is 91.6 cm³/mol. The zero-order valence-electron chi connectivity index (χ0n) is 13.3. The number of anilines is 1. The Balaban J connectivity index is 1.69. The third-order valence-corrected chi connectivity index (χ3v) is 4.97. The molecule has 2 fully saturated rings. The fraction of sp³-hybridized carbons (Fsp3) is 0.588. The van der Waals surface area contributed by atoms with Gasteiger partial charge in [0.05, 0.1) is 6.10 Å². The van der Waals surface area contributed by atoms with Gasteiger partial charge < -0.3 is 19.4 Å². The van der Waals surface area contributed by atoms with Crippen molar-refractivity contribution in [3.05, 3.63) is 17.2 Å². The lowest BCUT2D eigenvalue weighted by Gasteiger charge is -2.32. The van der Waals surface area contributed by atoms with Gasteiger partial charge in [-0.2, -0.15) is 4.98 Å². The van der Waals surface area contributed by atoms with Crippen molar-refractivity contribution in [2.45, 2.75) is 44.8 Å². The van der Waals surface area contributed by atoms with Crippen molar-refractivity contribution in [1.82, 2.24) is 10.3 Å². The smallest absolute Gasteiger partial charge is 0.298 e. The number of halogens is 1. The Morgan fingerprint density at radius 3 is 2.96 bits per heavy atom. The van der Waals surface area contributed by atoms with E-state index in [1.807, 2.05) is 12.1 Å². The van der Waals surface area contributed by atoms with Crippen molar-refractivity contribution >= 4 is 28.7 Å². The van der Waals surface area contributed by atoms with E-state index in [2.05, 4.69) is 22.1 Å². The van der Waals surface area contributed by atoms with E-state index in [1.54, 1.807) is 0 Å². The molecule has 1 aliphatic heterocycles. The fourth-order valence-electron chi connectivity index (χ4n) is 3.48. The minimum atomic E-state index is 0.267. The van der Waals surface area contributed by atoms with E-state index in [1.165, 1.54) is 12.8 Å². The second kappa shape index (κ2) is 6.21. The zero-order valence-corrected chi connectivity index (χ0v) is 14.1. The van der Waals surface area contributed by atoms with E-state index in [0.717, 1.165) is 43.7 Å². The van der Waals surface area contributed by atoms with Gasteiger partial charge in [-0.3, -0.25) is 0 Å². The van der Waals surface area contributed by atoms with Crippen LogP contribution in [0.4, 0.5) is 6.01 Å². The number of rotatable bonds is 3. The molecule has 1 aliphatic carbocycles. The monoisotopic (exact) mass is 335 g/mol. The lowest BCUT2D eigenvalue weighted by molar-refractivity contribution is 0.210. The molecule has 1 saturated heterocycles. The molecule has 1 aromatic carbocycles. The average Bonchev–Trinajstić information content (AvgIpc) is 3.17. The largest absolute Gasteiger partial charge is 0.486 e. The molecule has 1 atom stereocenters. The lowest BCUT2D eigenvalue weighted by Crippen LogP contribution is -2.50. The van der Waals surface area contributed by atoms with E-state index < -0.39 is 0 Å². The first kappa shape index (κ1) is 15.1. The number of hydrogen-bond donors (Lipinski definition) is 1. The molecule has 6 heteroatoms. The molecule has 2 aliphatic rings. The van der Waals surface area contributed by atoms with E-state index >= 15 is 0 Å². The summed E-state index contributed by atoms with van der Waals surface area (Å²) in [6.45, 7) is 4.94. The van der Waals surface area contributed by atoms with E-state index in [9.17, 15) is 0 Å². The van der Waals surface area contributed by atoms with Gasteiger partial charge in [-0.05, 0) is 38.7 Å². The molecule has 1 N–H and O–H groups in total. The highest BCUT2D eigenvalue weighted by atomic mass is 35.5. The van der Waals surface area contributed by atoms with Crippen LogP contribution >= 0.6 is 11.6 Å². The fourth-order valence-corrected chi connectivity index (χ4v) is 3.68. The highest BCUT2D eigenvalue weighted by Gasteiger charge is 2.25. The molecule has 1 saturated carbocycles. The average molecular weight is 336 g/mol. The van der Waals surface area contributed by atoms with Crippen molar-refractivity contribution in [3.63, 3.8) is 0 Å². The number of aromatic nitrogens is 1. The van der Waals surface area contributed by atoms with E-state index in [0.29, 0.717) is 22.7 Å². The second-order valence-corrected chi connectivity index (χ2v) is 6.96. The third kappa shape index (κ3) is 3.00. The second-order valence-electron chi connectivity index (χ2n) is 6.52. The van der Waals surface area contributed by atoms with Crippen molar-refractivity contribution in [3.8, 4) is 5.75 Å². The van der Waals surface area contributed by atoms with Crippen LogP contribution < -0.4 is 15.0 Å². The van der Waals surface area contributed by atoms with Gasteiger partial charge in [0.1, 0.15) is 5.52 Å². The van der Waals surface area contributed by atoms with Gasteiger partial charge in [0.2, 0.25) is 0 Å². The topological polar surface area (TPSA) is 50.5 Å². The maximum atomic E-state index is 6.25. The van der Waals surface area contributed by atoms with Crippen LogP contribution in [0.25, 0.3) is 11.1 Å². The number of fused-ring (bicyclic) bond motifs is 1. The number of piperazine rings is 1. The Labute approximate surface area is 140 Å². The standard InChI is InChI=1S/C17H22ClN3O2/c1-11-10-19-6-7-21(11)17-20-14-8-12(18)9-15(16(14)23-17)22-13-4-2-3-5-13/h8-9,11,13,19H,2-7,10H2,1H3/t11-/m0/s1. The molecule has 4 rings (SSSR count). The van der Waals surface area contributed by atoms with Gasteiger partial charge in [-0.15, -0.1) is 0 Å². The van der Waals surface area contributed by atoms with Crippen molar-refractivity contribution in [2.75, 3.05) is 24.5 Å². The number of oxazole rings is 1. The zero-order chi connectivity index (χ0) is 15.8. The van der Waals surface area contributed by atoms with Crippen molar-refractivity contribution in [1.29, 1.82) is 0 Å².